The molecule has 1 saturated heterocycles. The van der Waals surface area contributed by atoms with E-state index in [4.69, 9.17) is 0 Å². The second-order valence-electron chi connectivity index (χ2n) is 4.05. The Labute approximate surface area is 90.7 Å². The maximum absolute atomic E-state index is 4.52. The van der Waals surface area contributed by atoms with Gasteiger partial charge in [0.05, 0.1) is 12.4 Å². The summed E-state index contributed by atoms with van der Waals surface area (Å²) in [5.41, 5.74) is 0. The molecule has 1 aliphatic rings. The Morgan fingerprint density at radius 1 is 1.40 bits per heavy atom. The van der Waals surface area contributed by atoms with Crippen molar-refractivity contribution in [1.82, 2.24) is 9.97 Å². The van der Waals surface area contributed by atoms with Crippen LogP contribution < -0.4 is 10.2 Å². The summed E-state index contributed by atoms with van der Waals surface area (Å²) < 4.78 is 0. The van der Waals surface area contributed by atoms with Gasteiger partial charge in [0.1, 0.15) is 11.6 Å². The molecule has 1 aromatic rings. The molecule has 0 radical (unpaired) electrons. The molecule has 0 aliphatic carbocycles. The molecule has 1 fully saturated rings. The highest BCUT2D eigenvalue weighted by Crippen LogP contribution is 2.22. The summed E-state index contributed by atoms with van der Waals surface area (Å²) in [6.07, 6.45) is 7.44. The first-order valence-electron chi connectivity index (χ1n) is 5.57. The third kappa shape index (κ3) is 2.19. The van der Waals surface area contributed by atoms with Gasteiger partial charge in [-0.2, -0.15) is 0 Å². The van der Waals surface area contributed by atoms with E-state index in [9.17, 15) is 0 Å². The van der Waals surface area contributed by atoms with Crippen molar-refractivity contribution in [2.45, 2.75) is 32.2 Å². The van der Waals surface area contributed by atoms with Crippen LogP contribution in [0.3, 0.4) is 0 Å². The minimum absolute atomic E-state index is 0.583. The lowest BCUT2D eigenvalue weighted by Crippen LogP contribution is -2.38. The second kappa shape index (κ2) is 4.47. The zero-order valence-electron chi connectivity index (χ0n) is 9.40. The number of anilines is 2. The van der Waals surface area contributed by atoms with Crippen LogP contribution in [0.15, 0.2) is 12.4 Å². The molecule has 0 amide bonds. The van der Waals surface area contributed by atoms with Gasteiger partial charge in [0.2, 0.25) is 0 Å². The highest BCUT2D eigenvalue weighted by molar-refractivity contribution is 5.44. The molecule has 1 aromatic heterocycles. The fourth-order valence-electron chi connectivity index (χ4n) is 2.05. The van der Waals surface area contributed by atoms with Crippen LogP contribution >= 0.6 is 0 Å². The van der Waals surface area contributed by atoms with E-state index in [0.717, 1.165) is 18.2 Å². The molecule has 2 heterocycles. The summed E-state index contributed by atoms with van der Waals surface area (Å²) in [4.78, 5) is 11.1. The van der Waals surface area contributed by atoms with E-state index in [1.165, 1.54) is 19.3 Å². The van der Waals surface area contributed by atoms with Crippen LogP contribution in [0.2, 0.25) is 0 Å². The van der Waals surface area contributed by atoms with E-state index in [1.807, 2.05) is 13.2 Å². The predicted octanol–water partition coefficient (Wildman–Crippen LogP) is 1.90. The van der Waals surface area contributed by atoms with Crippen molar-refractivity contribution in [2.24, 2.45) is 0 Å². The molecule has 2 rings (SSSR count). The van der Waals surface area contributed by atoms with Crippen LogP contribution in [-0.2, 0) is 0 Å². The summed E-state index contributed by atoms with van der Waals surface area (Å²) in [5, 5.41) is 3.02. The number of hydrogen-bond acceptors (Lipinski definition) is 4. The monoisotopic (exact) mass is 206 g/mol. The van der Waals surface area contributed by atoms with Gasteiger partial charge >= 0.3 is 0 Å². The number of rotatable bonds is 2. The third-order valence-electron chi connectivity index (χ3n) is 2.98. The Kier molecular flexibility index (Phi) is 3.04. The second-order valence-corrected chi connectivity index (χ2v) is 4.05. The number of aromatic nitrogens is 2. The van der Waals surface area contributed by atoms with Crippen LogP contribution in [0, 0.1) is 0 Å². The minimum atomic E-state index is 0.583. The van der Waals surface area contributed by atoms with Crippen molar-refractivity contribution < 1.29 is 0 Å². The Bertz CT molecular complexity index is 326. The Morgan fingerprint density at radius 2 is 2.27 bits per heavy atom. The van der Waals surface area contributed by atoms with E-state index in [1.54, 1.807) is 6.20 Å². The van der Waals surface area contributed by atoms with E-state index < -0.39 is 0 Å². The molecule has 1 aliphatic heterocycles. The van der Waals surface area contributed by atoms with E-state index in [-0.39, 0.29) is 0 Å². The normalized spacial score (nSPS) is 21.5. The molecule has 4 heteroatoms. The van der Waals surface area contributed by atoms with Crippen LogP contribution in [0.1, 0.15) is 26.2 Å². The van der Waals surface area contributed by atoms with Crippen molar-refractivity contribution in [3.8, 4) is 0 Å². The van der Waals surface area contributed by atoms with E-state index in [2.05, 4.69) is 27.1 Å². The summed E-state index contributed by atoms with van der Waals surface area (Å²) in [5.74, 6) is 1.83. The Morgan fingerprint density at radius 3 is 3.00 bits per heavy atom. The number of hydrogen-bond donors (Lipinski definition) is 1. The molecule has 1 N–H and O–H groups in total. The van der Waals surface area contributed by atoms with Crippen molar-refractivity contribution >= 4 is 11.6 Å². The fraction of sp³-hybridized carbons (Fsp3) is 0.636. The van der Waals surface area contributed by atoms with Crippen molar-refractivity contribution in [2.75, 3.05) is 23.8 Å². The highest BCUT2D eigenvalue weighted by Gasteiger charge is 2.19. The third-order valence-corrected chi connectivity index (χ3v) is 2.98. The SMILES string of the molecule is CNc1cncc(N2CCCCC2C)n1. The number of piperidine rings is 1. The van der Waals surface area contributed by atoms with Crippen molar-refractivity contribution in [3.63, 3.8) is 0 Å². The van der Waals surface area contributed by atoms with Gasteiger partial charge in [0.15, 0.2) is 0 Å². The van der Waals surface area contributed by atoms with Gasteiger partial charge in [-0.05, 0) is 26.2 Å². The Hall–Kier alpha value is -1.32. The summed E-state index contributed by atoms with van der Waals surface area (Å²) in [6, 6.07) is 0.583. The van der Waals surface area contributed by atoms with E-state index in [0.29, 0.717) is 6.04 Å². The maximum atomic E-state index is 4.52. The van der Waals surface area contributed by atoms with Gasteiger partial charge in [-0.3, -0.25) is 4.98 Å². The molecule has 82 valence electrons. The molecule has 1 atom stereocenters. The fourth-order valence-corrected chi connectivity index (χ4v) is 2.05. The Balaban J connectivity index is 2.19. The van der Waals surface area contributed by atoms with E-state index >= 15 is 0 Å². The molecule has 0 bridgehead atoms. The lowest BCUT2D eigenvalue weighted by molar-refractivity contribution is 0.481. The molecule has 4 nitrogen and oxygen atoms in total. The summed E-state index contributed by atoms with van der Waals surface area (Å²) >= 11 is 0. The van der Waals surface area contributed by atoms with Gasteiger partial charge in [-0.25, -0.2) is 4.98 Å². The lowest BCUT2D eigenvalue weighted by Gasteiger charge is -2.34. The van der Waals surface area contributed by atoms with Crippen LogP contribution in [0.4, 0.5) is 11.6 Å². The van der Waals surface area contributed by atoms with Crippen LogP contribution in [0.5, 0.6) is 0 Å². The van der Waals surface area contributed by atoms with Crippen molar-refractivity contribution in [1.29, 1.82) is 0 Å². The summed E-state index contributed by atoms with van der Waals surface area (Å²) in [6.45, 7) is 3.36. The predicted molar refractivity (Wildman–Crippen MR) is 62.2 cm³/mol. The smallest absolute Gasteiger partial charge is 0.149 e. The maximum Gasteiger partial charge on any atom is 0.149 e. The molecular weight excluding hydrogens is 188 g/mol. The lowest BCUT2D eigenvalue weighted by atomic mass is 10.0. The van der Waals surface area contributed by atoms with Gasteiger partial charge in [0.25, 0.3) is 0 Å². The van der Waals surface area contributed by atoms with Crippen LogP contribution in [0.25, 0.3) is 0 Å². The van der Waals surface area contributed by atoms with Crippen LogP contribution in [-0.4, -0.2) is 29.6 Å². The quantitative estimate of drug-likeness (QED) is 0.802. The van der Waals surface area contributed by atoms with Gasteiger partial charge < -0.3 is 10.2 Å². The zero-order valence-corrected chi connectivity index (χ0v) is 9.40. The van der Waals surface area contributed by atoms with Gasteiger partial charge in [-0.1, -0.05) is 0 Å². The first-order valence-corrected chi connectivity index (χ1v) is 5.57. The molecule has 0 spiro atoms. The average Bonchev–Trinajstić information content (AvgIpc) is 2.30. The topological polar surface area (TPSA) is 41.1 Å². The average molecular weight is 206 g/mol. The largest absolute Gasteiger partial charge is 0.372 e. The first kappa shape index (κ1) is 10.2. The molecule has 1 unspecified atom stereocenters. The minimum Gasteiger partial charge on any atom is -0.372 e. The zero-order chi connectivity index (χ0) is 10.7. The number of nitrogens with zero attached hydrogens (tertiary/aromatic N) is 3. The number of nitrogens with one attached hydrogen (secondary N) is 1. The van der Waals surface area contributed by atoms with Crippen molar-refractivity contribution in [3.05, 3.63) is 12.4 Å². The molecular formula is C11H18N4. The van der Waals surface area contributed by atoms with Gasteiger partial charge in [-0.15, -0.1) is 0 Å². The highest BCUT2D eigenvalue weighted by atomic mass is 15.2. The summed E-state index contributed by atoms with van der Waals surface area (Å²) in [7, 11) is 1.87. The molecule has 0 saturated carbocycles. The molecule has 0 aromatic carbocycles. The first-order chi connectivity index (χ1) is 7.31. The standard InChI is InChI=1S/C11H18N4/c1-9-5-3-4-6-15(9)11-8-13-7-10(12-2)14-11/h7-9H,3-6H2,1-2H3,(H,12,14). The van der Waals surface area contributed by atoms with Gasteiger partial charge in [0, 0.05) is 19.6 Å². The molecule has 15 heavy (non-hydrogen) atoms.